The Hall–Kier alpha value is -0.337. The smallest absolute Gasteiger partial charge is 0.116 e. The predicted molar refractivity (Wildman–Crippen MR) is 48.8 cm³/mol. The van der Waals surface area contributed by atoms with Crippen LogP contribution in [0.4, 0.5) is 0 Å². The molecule has 58 valence electrons. The fourth-order valence-electron chi connectivity index (χ4n) is 1.08. The Bertz CT molecular complexity index is 339. The zero-order valence-corrected chi connectivity index (χ0v) is 10.5. The van der Waals surface area contributed by atoms with Crippen molar-refractivity contribution in [2.24, 2.45) is 0 Å². The van der Waals surface area contributed by atoms with E-state index in [0.29, 0.717) is 5.75 Å². The molecular formula is C8H8N2SZn. The molecule has 0 saturated heterocycles. The number of fused-ring (bicyclic) bond motifs is 1. The summed E-state index contributed by atoms with van der Waals surface area (Å²) < 4.78 is 0. The van der Waals surface area contributed by atoms with Gasteiger partial charge in [0.2, 0.25) is 0 Å². The maximum Gasteiger partial charge on any atom is 0.116 e. The Kier molecular flexibility index (Phi) is 3.30. The van der Waals surface area contributed by atoms with E-state index < -0.39 is 0 Å². The molecule has 2 nitrogen and oxygen atoms in total. The summed E-state index contributed by atoms with van der Waals surface area (Å²) in [6.45, 7) is 0. The van der Waals surface area contributed by atoms with E-state index in [1.807, 2.05) is 24.3 Å². The minimum absolute atomic E-state index is 0. The molecule has 0 atom stereocenters. The van der Waals surface area contributed by atoms with Gasteiger partial charge in [-0.1, -0.05) is 12.1 Å². The van der Waals surface area contributed by atoms with E-state index in [-0.39, 0.29) is 19.5 Å². The van der Waals surface area contributed by atoms with Crippen LogP contribution in [0.25, 0.3) is 11.0 Å². The first-order valence-electron chi connectivity index (χ1n) is 3.44. The molecule has 1 heterocycles. The summed E-state index contributed by atoms with van der Waals surface area (Å²) in [4.78, 5) is 7.46. The molecule has 0 aliphatic heterocycles. The average molecular weight is 230 g/mol. The van der Waals surface area contributed by atoms with Crippen LogP contribution >= 0.6 is 12.6 Å². The normalized spacial score (nSPS) is 9.75. The molecular weight excluding hydrogens is 222 g/mol. The maximum atomic E-state index is 4.30. The van der Waals surface area contributed by atoms with Crippen LogP contribution in [0.1, 0.15) is 5.82 Å². The molecule has 0 unspecified atom stereocenters. The number of nitrogens with one attached hydrogen (secondary N) is 1. The second-order valence-electron chi connectivity index (χ2n) is 2.36. The summed E-state index contributed by atoms with van der Waals surface area (Å²) in [6, 6.07) is 7.96. The Balaban J connectivity index is 0.000000720. The van der Waals surface area contributed by atoms with Crippen molar-refractivity contribution in [3.8, 4) is 0 Å². The molecule has 0 aliphatic rings. The van der Waals surface area contributed by atoms with E-state index in [1.54, 1.807) is 0 Å². The molecule has 1 N–H and O–H groups in total. The summed E-state index contributed by atoms with van der Waals surface area (Å²) >= 11 is 4.13. The van der Waals surface area contributed by atoms with Gasteiger partial charge in [-0.05, 0) is 12.1 Å². The molecule has 0 radical (unpaired) electrons. The van der Waals surface area contributed by atoms with Crippen LogP contribution in [-0.2, 0) is 25.2 Å². The molecule has 0 saturated carbocycles. The minimum atomic E-state index is 0. The summed E-state index contributed by atoms with van der Waals surface area (Å²) in [5, 5.41) is 0. The molecule has 2 rings (SSSR count). The number of imidazole rings is 1. The number of H-pyrrole nitrogens is 1. The molecule has 0 bridgehead atoms. The van der Waals surface area contributed by atoms with Gasteiger partial charge in [-0.25, -0.2) is 4.98 Å². The van der Waals surface area contributed by atoms with Crippen LogP contribution in [0.2, 0.25) is 0 Å². The molecule has 4 heteroatoms. The Morgan fingerprint density at radius 1 is 1.33 bits per heavy atom. The average Bonchev–Trinajstić information content (AvgIpc) is 2.46. The number of para-hydroxylation sites is 2. The minimum Gasteiger partial charge on any atom is -0.341 e. The Morgan fingerprint density at radius 2 is 2.08 bits per heavy atom. The first-order chi connectivity index (χ1) is 5.40. The monoisotopic (exact) mass is 228 g/mol. The molecule has 0 amide bonds. The van der Waals surface area contributed by atoms with Crippen molar-refractivity contribution in [1.29, 1.82) is 0 Å². The third kappa shape index (κ3) is 1.70. The quantitative estimate of drug-likeness (QED) is 0.568. The number of aromatic nitrogens is 2. The van der Waals surface area contributed by atoms with Crippen molar-refractivity contribution in [2.75, 3.05) is 0 Å². The van der Waals surface area contributed by atoms with Crippen molar-refractivity contribution < 1.29 is 19.5 Å². The van der Waals surface area contributed by atoms with Crippen LogP contribution < -0.4 is 0 Å². The van der Waals surface area contributed by atoms with E-state index in [2.05, 4.69) is 22.6 Å². The van der Waals surface area contributed by atoms with Gasteiger partial charge >= 0.3 is 0 Å². The summed E-state index contributed by atoms with van der Waals surface area (Å²) in [5.41, 5.74) is 2.09. The van der Waals surface area contributed by atoms with Crippen molar-refractivity contribution >= 4 is 23.7 Å². The number of hydrogen-bond donors (Lipinski definition) is 2. The number of aromatic amines is 1. The Labute approximate surface area is 88.9 Å². The van der Waals surface area contributed by atoms with Crippen molar-refractivity contribution in [3.63, 3.8) is 0 Å². The number of thiol groups is 1. The third-order valence-corrected chi connectivity index (χ3v) is 1.89. The van der Waals surface area contributed by atoms with Crippen molar-refractivity contribution in [2.45, 2.75) is 5.75 Å². The van der Waals surface area contributed by atoms with Crippen LogP contribution in [0, 0.1) is 0 Å². The fraction of sp³-hybridized carbons (Fsp3) is 0.125. The molecule has 0 spiro atoms. The first kappa shape index (κ1) is 9.75. The van der Waals surface area contributed by atoms with Gasteiger partial charge in [0, 0.05) is 25.2 Å². The van der Waals surface area contributed by atoms with Gasteiger partial charge < -0.3 is 4.98 Å². The van der Waals surface area contributed by atoms with Crippen LogP contribution in [0.15, 0.2) is 24.3 Å². The van der Waals surface area contributed by atoms with Gasteiger partial charge in [-0.15, -0.1) is 0 Å². The van der Waals surface area contributed by atoms with E-state index in [9.17, 15) is 0 Å². The summed E-state index contributed by atoms with van der Waals surface area (Å²) in [7, 11) is 0. The Morgan fingerprint density at radius 3 is 2.75 bits per heavy atom. The van der Waals surface area contributed by atoms with Crippen LogP contribution in [0.5, 0.6) is 0 Å². The zero-order chi connectivity index (χ0) is 7.68. The number of benzene rings is 1. The topological polar surface area (TPSA) is 28.7 Å². The van der Waals surface area contributed by atoms with E-state index >= 15 is 0 Å². The standard InChI is InChI=1S/C8H8N2S.Zn/c11-5-8-9-6-3-1-2-4-7(6)10-8;/h1-4,11H,5H2,(H,9,10);. The second kappa shape index (κ2) is 4.06. The van der Waals surface area contributed by atoms with Gasteiger partial charge in [0.15, 0.2) is 0 Å². The molecule has 0 aliphatic carbocycles. The molecule has 2 aromatic rings. The van der Waals surface area contributed by atoms with E-state index in [0.717, 1.165) is 16.9 Å². The van der Waals surface area contributed by atoms with Gasteiger partial charge in [0.25, 0.3) is 0 Å². The van der Waals surface area contributed by atoms with E-state index in [4.69, 9.17) is 0 Å². The van der Waals surface area contributed by atoms with Gasteiger partial charge in [0.05, 0.1) is 11.0 Å². The largest absolute Gasteiger partial charge is 0.341 e. The van der Waals surface area contributed by atoms with Gasteiger partial charge in [-0.3, -0.25) is 0 Å². The van der Waals surface area contributed by atoms with Gasteiger partial charge in [-0.2, -0.15) is 12.6 Å². The maximum absolute atomic E-state index is 4.30. The number of nitrogens with zero attached hydrogens (tertiary/aromatic N) is 1. The molecule has 12 heavy (non-hydrogen) atoms. The van der Waals surface area contributed by atoms with Crippen molar-refractivity contribution in [3.05, 3.63) is 30.1 Å². The summed E-state index contributed by atoms with van der Waals surface area (Å²) in [5.74, 6) is 1.59. The molecule has 1 aromatic carbocycles. The van der Waals surface area contributed by atoms with E-state index in [1.165, 1.54) is 0 Å². The molecule has 1 aromatic heterocycles. The molecule has 0 fully saturated rings. The zero-order valence-electron chi connectivity index (χ0n) is 6.62. The third-order valence-electron chi connectivity index (χ3n) is 1.59. The number of hydrogen-bond acceptors (Lipinski definition) is 2. The van der Waals surface area contributed by atoms with Crippen LogP contribution in [-0.4, -0.2) is 9.97 Å². The second-order valence-corrected chi connectivity index (χ2v) is 2.67. The first-order valence-corrected chi connectivity index (χ1v) is 4.08. The van der Waals surface area contributed by atoms with Gasteiger partial charge in [0.1, 0.15) is 5.82 Å². The van der Waals surface area contributed by atoms with Crippen molar-refractivity contribution in [1.82, 2.24) is 9.97 Å². The number of rotatable bonds is 1. The SMILES string of the molecule is SCc1nc2ccccc2[nH]1.[Zn]. The predicted octanol–water partition coefficient (Wildman–Crippen LogP) is 1.99. The fourth-order valence-corrected chi connectivity index (χ4v) is 1.23. The van der Waals surface area contributed by atoms with Crippen LogP contribution in [0.3, 0.4) is 0 Å². The summed E-state index contributed by atoms with van der Waals surface area (Å²) in [6.07, 6.45) is 0.